The van der Waals surface area contributed by atoms with E-state index in [2.05, 4.69) is 18.3 Å². The van der Waals surface area contributed by atoms with Gasteiger partial charge in [0.2, 0.25) is 0 Å². The highest BCUT2D eigenvalue weighted by atomic mass is 16.5. The Morgan fingerprint density at radius 1 is 1.54 bits per heavy atom. The smallest absolute Gasteiger partial charge is 0.330 e. The highest BCUT2D eigenvalue weighted by Gasteiger charge is 1.94. The number of hydrogen-bond acceptors (Lipinski definition) is 5. The van der Waals surface area contributed by atoms with Crippen molar-refractivity contribution in [3.63, 3.8) is 0 Å². The Kier molecular flexibility index (Phi) is 12.5. The molecule has 0 heterocycles. The van der Waals surface area contributed by atoms with Crippen LogP contribution in [0.5, 0.6) is 0 Å². The molecule has 13 heavy (non-hydrogen) atoms. The maximum Gasteiger partial charge on any atom is 0.330 e. The molecule has 4 N–H and O–H groups in total. The molecule has 0 rings (SSSR count). The molecule has 0 amide bonds. The van der Waals surface area contributed by atoms with E-state index in [1.807, 2.05) is 19.0 Å². The van der Waals surface area contributed by atoms with Crippen LogP contribution in [0.1, 0.15) is 6.42 Å². The second-order valence-electron chi connectivity index (χ2n) is 2.53. The Balaban J connectivity index is 0. The van der Waals surface area contributed by atoms with Crippen LogP contribution in [-0.2, 0) is 9.53 Å². The molecule has 0 saturated heterocycles. The van der Waals surface area contributed by atoms with Gasteiger partial charge in [0, 0.05) is 12.6 Å². The summed E-state index contributed by atoms with van der Waals surface area (Å²) in [6, 6.07) is 0. The Morgan fingerprint density at radius 3 is 2.46 bits per heavy atom. The Morgan fingerprint density at radius 2 is 2.08 bits per heavy atom. The molecular formula is C8H19N3O2. The van der Waals surface area contributed by atoms with Crippen LogP contribution >= 0.6 is 0 Å². The van der Waals surface area contributed by atoms with Crippen molar-refractivity contribution < 1.29 is 9.53 Å². The lowest BCUT2D eigenvalue weighted by atomic mass is 10.4. The zero-order valence-corrected chi connectivity index (χ0v) is 8.32. The van der Waals surface area contributed by atoms with Crippen LogP contribution < -0.4 is 11.7 Å². The first-order valence-electron chi connectivity index (χ1n) is 3.94. The molecule has 0 aromatic rings. The van der Waals surface area contributed by atoms with E-state index in [9.17, 15) is 4.79 Å². The molecule has 0 aromatic heterocycles. The van der Waals surface area contributed by atoms with Gasteiger partial charge in [-0.3, -0.25) is 11.7 Å². The van der Waals surface area contributed by atoms with E-state index in [0.29, 0.717) is 6.61 Å². The summed E-state index contributed by atoms with van der Waals surface area (Å²) in [5.41, 5.74) is 0. The van der Waals surface area contributed by atoms with E-state index in [0.717, 1.165) is 13.0 Å². The summed E-state index contributed by atoms with van der Waals surface area (Å²) in [6.45, 7) is 4.70. The van der Waals surface area contributed by atoms with Gasteiger partial charge in [-0.2, -0.15) is 0 Å². The first-order chi connectivity index (χ1) is 6.16. The summed E-state index contributed by atoms with van der Waals surface area (Å²) in [6.07, 6.45) is 2.04. The van der Waals surface area contributed by atoms with Crippen molar-refractivity contribution in [2.75, 3.05) is 27.2 Å². The average Bonchev–Trinajstić information content (AvgIpc) is 2.15. The molecule has 0 unspecified atom stereocenters. The highest BCUT2D eigenvalue weighted by molar-refractivity contribution is 5.81. The van der Waals surface area contributed by atoms with Gasteiger partial charge in [-0.25, -0.2) is 4.79 Å². The molecule has 0 aromatic carbocycles. The number of nitrogens with two attached hydrogens (primary N) is 2. The molecule has 0 bridgehead atoms. The van der Waals surface area contributed by atoms with E-state index >= 15 is 0 Å². The van der Waals surface area contributed by atoms with E-state index in [-0.39, 0.29) is 5.97 Å². The largest absolute Gasteiger partial charge is 0.462 e. The lowest BCUT2D eigenvalue weighted by Crippen LogP contribution is -2.15. The first-order valence-corrected chi connectivity index (χ1v) is 3.94. The molecule has 0 spiro atoms. The second-order valence-corrected chi connectivity index (χ2v) is 2.53. The summed E-state index contributed by atoms with van der Waals surface area (Å²) < 4.78 is 4.76. The summed E-state index contributed by atoms with van der Waals surface area (Å²) in [5.74, 6) is 7.66. The summed E-state index contributed by atoms with van der Waals surface area (Å²) in [7, 11) is 3.96. The van der Waals surface area contributed by atoms with Crippen molar-refractivity contribution in [2.45, 2.75) is 6.42 Å². The van der Waals surface area contributed by atoms with Gasteiger partial charge < -0.3 is 9.64 Å². The monoisotopic (exact) mass is 189 g/mol. The fourth-order valence-corrected chi connectivity index (χ4v) is 0.612. The van der Waals surface area contributed by atoms with Gasteiger partial charge in [0.1, 0.15) is 0 Å². The number of hydrazine groups is 1. The minimum absolute atomic E-state index is 0.344. The van der Waals surface area contributed by atoms with Crippen LogP contribution in [0.2, 0.25) is 0 Å². The first kappa shape index (κ1) is 14.6. The van der Waals surface area contributed by atoms with E-state index in [1.165, 1.54) is 6.08 Å². The third-order valence-corrected chi connectivity index (χ3v) is 1.16. The third kappa shape index (κ3) is 14.0. The minimum atomic E-state index is -0.344. The third-order valence-electron chi connectivity index (χ3n) is 1.16. The quantitative estimate of drug-likeness (QED) is 0.200. The summed E-state index contributed by atoms with van der Waals surface area (Å²) in [4.78, 5) is 12.5. The van der Waals surface area contributed by atoms with E-state index < -0.39 is 0 Å². The van der Waals surface area contributed by atoms with Gasteiger partial charge in [-0.1, -0.05) is 6.58 Å². The SMILES string of the molecule is C=CC(=O)OCCCN(C)C.NN. The lowest BCUT2D eigenvalue weighted by Gasteiger charge is -2.08. The van der Waals surface area contributed by atoms with Crippen molar-refractivity contribution in [1.82, 2.24) is 4.90 Å². The van der Waals surface area contributed by atoms with E-state index in [1.54, 1.807) is 0 Å². The van der Waals surface area contributed by atoms with Gasteiger partial charge in [-0.05, 0) is 20.5 Å². The van der Waals surface area contributed by atoms with Crippen LogP contribution in [0, 0.1) is 0 Å². The van der Waals surface area contributed by atoms with Gasteiger partial charge in [0.25, 0.3) is 0 Å². The zero-order valence-electron chi connectivity index (χ0n) is 8.32. The van der Waals surface area contributed by atoms with Crippen LogP contribution in [0.15, 0.2) is 12.7 Å². The standard InChI is InChI=1S/C8H15NO2.H4N2/c1-4-8(10)11-7-5-6-9(2)3;1-2/h4H,1,5-7H2,2-3H3;1-2H2. The van der Waals surface area contributed by atoms with E-state index in [4.69, 9.17) is 4.74 Å². The predicted molar refractivity (Wildman–Crippen MR) is 52.7 cm³/mol. The fraction of sp³-hybridized carbons (Fsp3) is 0.625. The molecule has 0 saturated carbocycles. The summed E-state index contributed by atoms with van der Waals surface area (Å²) >= 11 is 0. The van der Waals surface area contributed by atoms with Crippen LogP contribution in [0.4, 0.5) is 0 Å². The molecule has 0 radical (unpaired) electrons. The number of nitrogens with zero attached hydrogens (tertiary/aromatic N) is 1. The molecule has 78 valence electrons. The van der Waals surface area contributed by atoms with Crippen molar-refractivity contribution >= 4 is 5.97 Å². The molecular weight excluding hydrogens is 170 g/mol. The van der Waals surface area contributed by atoms with Crippen LogP contribution in [0.3, 0.4) is 0 Å². The van der Waals surface area contributed by atoms with Gasteiger partial charge in [-0.15, -0.1) is 0 Å². The molecule has 0 atom stereocenters. The molecule has 0 aliphatic rings. The number of ether oxygens (including phenoxy) is 1. The zero-order chi connectivity index (χ0) is 10.7. The fourth-order valence-electron chi connectivity index (χ4n) is 0.612. The van der Waals surface area contributed by atoms with Gasteiger partial charge in [0.05, 0.1) is 6.61 Å². The summed E-state index contributed by atoms with van der Waals surface area (Å²) in [5, 5.41) is 0. The number of carbonyl (C=O) groups excluding carboxylic acids is 1. The van der Waals surface area contributed by atoms with Gasteiger partial charge in [0.15, 0.2) is 0 Å². The van der Waals surface area contributed by atoms with Crippen molar-refractivity contribution in [3.05, 3.63) is 12.7 Å². The maximum absolute atomic E-state index is 10.5. The molecule has 0 aliphatic heterocycles. The molecule has 5 heteroatoms. The predicted octanol–water partition coefficient (Wildman–Crippen LogP) is -0.514. The van der Waals surface area contributed by atoms with Crippen LogP contribution in [-0.4, -0.2) is 38.1 Å². The molecule has 5 nitrogen and oxygen atoms in total. The second kappa shape index (κ2) is 11.1. The minimum Gasteiger partial charge on any atom is -0.462 e. The number of carbonyl (C=O) groups is 1. The molecule has 0 aliphatic carbocycles. The van der Waals surface area contributed by atoms with Crippen LogP contribution in [0.25, 0.3) is 0 Å². The normalized spacial score (nSPS) is 8.69. The average molecular weight is 189 g/mol. The number of esters is 1. The Bertz CT molecular complexity index is 137. The van der Waals surface area contributed by atoms with Crippen molar-refractivity contribution in [3.8, 4) is 0 Å². The topological polar surface area (TPSA) is 81.6 Å². The highest BCUT2D eigenvalue weighted by Crippen LogP contribution is 1.86. The molecule has 0 fully saturated rings. The Hall–Kier alpha value is -0.910. The van der Waals surface area contributed by atoms with Crippen molar-refractivity contribution in [1.29, 1.82) is 0 Å². The maximum atomic E-state index is 10.5. The Labute approximate surface area is 79.3 Å². The van der Waals surface area contributed by atoms with Gasteiger partial charge >= 0.3 is 5.97 Å². The number of rotatable bonds is 5. The lowest BCUT2D eigenvalue weighted by molar-refractivity contribution is -0.137. The number of hydrogen-bond donors (Lipinski definition) is 2. The van der Waals surface area contributed by atoms with Crippen molar-refractivity contribution in [2.24, 2.45) is 11.7 Å².